The molecule has 1 N–H and O–H groups in total. The van der Waals surface area contributed by atoms with E-state index in [1.807, 2.05) is 24.3 Å². The van der Waals surface area contributed by atoms with Crippen LogP contribution in [0.5, 0.6) is 5.75 Å². The Morgan fingerprint density at radius 1 is 1.16 bits per heavy atom. The minimum Gasteiger partial charge on any atom is -0.497 e. The van der Waals surface area contributed by atoms with Crippen molar-refractivity contribution >= 4 is 34.8 Å². The highest BCUT2D eigenvalue weighted by molar-refractivity contribution is 6.35. The smallest absolute Gasteiger partial charge is 0.241 e. The van der Waals surface area contributed by atoms with Gasteiger partial charge in [0.25, 0.3) is 0 Å². The molecule has 0 bridgehead atoms. The first-order valence-electron chi connectivity index (χ1n) is 9.96. The maximum atomic E-state index is 12.6. The van der Waals surface area contributed by atoms with E-state index in [4.69, 9.17) is 32.5 Å². The summed E-state index contributed by atoms with van der Waals surface area (Å²) in [6, 6.07) is 12.5. The summed E-state index contributed by atoms with van der Waals surface area (Å²) in [5.74, 6) is 1.80. The minimum absolute atomic E-state index is 0.0161. The molecule has 1 aromatic heterocycles. The molecule has 0 unspecified atom stereocenters. The topological polar surface area (TPSA) is 80.5 Å². The van der Waals surface area contributed by atoms with Gasteiger partial charge in [0.05, 0.1) is 13.7 Å². The van der Waals surface area contributed by atoms with Crippen LogP contribution in [0.2, 0.25) is 10.0 Å². The average molecular weight is 461 g/mol. The van der Waals surface area contributed by atoms with Gasteiger partial charge in [0.1, 0.15) is 5.75 Å². The molecule has 9 heteroatoms. The van der Waals surface area contributed by atoms with E-state index in [-0.39, 0.29) is 11.8 Å². The summed E-state index contributed by atoms with van der Waals surface area (Å²) in [5.41, 5.74) is 1.48. The summed E-state index contributed by atoms with van der Waals surface area (Å²) in [6.45, 7) is 2.10. The number of carbonyl (C=O) groups excluding carboxylic acids is 1. The molecule has 0 aliphatic carbocycles. The summed E-state index contributed by atoms with van der Waals surface area (Å²) in [4.78, 5) is 19.3. The Morgan fingerprint density at radius 3 is 2.48 bits per heavy atom. The van der Waals surface area contributed by atoms with Crippen LogP contribution in [0.3, 0.4) is 0 Å². The van der Waals surface area contributed by atoms with Crippen molar-refractivity contribution in [1.29, 1.82) is 0 Å². The predicted octanol–water partition coefficient (Wildman–Crippen LogP) is 4.90. The van der Waals surface area contributed by atoms with Crippen LogP contribution in [0.1, 0.15) is 18.7 Å². The summed E-state index contributed by atoms with van der Waals surface area (Å²) >= 11 is 12.0. The number of piperidine rings is 1. The molecule has 0 spiro atoms. The lowest BCUT2D eigenvalue weighted by Gasteiger charge is -2.30. The number of rotatable bonds is 6. The molecule has 162 valence electrons. The number of carbonyl (C=O) groups is 1. The van der Waals surface area contributed by atoms with Crippen molar-refractivity contribution in [2.45, 2.75) is 19.4 Å². The highest BCUT2D eigenvalue weighted by Gasteiger charge is 2.26. The van der Waals surface area contributed by atoms with Gasteiger partial charge in [-0.2, -0.15) is 4.98 Å². The van der Waals surface area contributed by atoms with Gasteiger partial charge in [-0.1, -0.05) is 28.4 Å². The SMILES string of the molecule is COc1ccc(-c2noc(CN3CCC(C(=O)Nc4cc(Cl)cc(Cl)c4)CC3)n2)cc1. The van der Waals surface area contributed by atoms with Gasteiger partial charge < -0.3 is 14.6 Å². The van der Waals surface area contributed by atoms with Crippen molar-refractivity contribution in [3.05, 3.63) is 58.4 Å². The number of hydrogen-bond donors (Lipinski definition) is 1. The number of methoxy groups -OCH3 is 1. The zero-order valence-electron chi connectivity index (χ0n) is 17.0. The normalized spacial score (nSPS) is 15.1. The first kappa shape index (κ1) is 21.6. The Hall–Kier alpha value is -2.61. The van der Waals surface area contributed by atoms with E-state index in [0.29, 0.717) is 34.0 Å². The van der Waals surface area contributed by atoms with E-state index in [1.165, 1.54) is 0 Å². The Bertz CT molecular complexity index is 1030. The molecule has 1 aliphatic heterocycles. The number of aromatic nitrogens is 2. The van der Waals surface area contributed by atoms with Gasteiger partial charge in [0.15, 0.2) is 0 Å². The van der Waals surface area contributed by atoms with E-state index in [2.05, 4.69) is 20.4 Å². The van der Waals surface area contributed by atoms with E-state index in [1.54, 1.807) is 25.3 Å². The summed E-state index contributed by atoms with van der Waals surface area (Å²) in [5, 5.41) is 7.97. The fourth-order valence-electron chi connectivity index (χ4n) is 3.59. The monoisotopic (exact) mass is 460 g/mol. The lowest BCUT2D eigenvalue weighted by atomic mass is 9.96. The fourth-order valence-corrected chi connectivity index (χ4v) is 4.12. The molecule has 0 radical (unpaired) electrons. The van der Waals surface area contributed by atoms with Gasteiger partial charge in [-0.25, -0.2) is 0 Å². The number of anilines is 1. The second kappa shape index (κ2) is 9.68. The average Bonchev–Trinajstić information content (AvgIpc) is 3.22. The largest absolute Gasteiger partial charge is 0.497 e. The zero-order chi connectivity index (χ0) is 21.8. The highest BCUT2D eigenvalue weighted by atomic mass is 35.5. The molecule has 1 amide bonds. The van der Waals surface area contributed by atoms with Crippen LogP contribution >= 0.6 is 23.2 Å². The van der Waals surface area contributed by atoms with Gasteiger partial charge in [-0.15, -0.1) is 0 Å². The molecule has 0 saturated carbocycles. The standard InChI is InChI=1S/C22H22Cl2N4O3/c1-30-19-4-2-14(3-5-19)21-26-20(31-27-21)13-28-8-6-15(7-9-28)22(29)25-18-11-16(23)10-17(24)12-18/h2-5,10-12,15H,6-9,13H2,1H3,(H,25,29). The number of ether oxygens (including phenoxy) is 1. The van der Waals surface area contributed by atoms with Gasteiger partial charge in [0.2, 0.25) is 17.6 Å². The lowest BCUT2D eigenvalue weighted by Crippen LogP contribution is -2.37. The van der Waals surface area contributed by atoms with Gasteiger partial charge in [-0.3, -0.25) is 9.69 Å². The van der Waals surface area contributed by atoms with Crippen LogP contribution in [-0.4, -0.2) is 41.1 Å². The molecule has 1 fully saturated rings. The lowest BCUT2D eigenvalue weighted by molar-refractivity contribution is -0.121. The number of likely N-dealkylation sites (tertiary alicyclic amines) is 1. The highest BCUT2D eigenvalue weighted by Crippen LogP contribution is 2.25. The van der Waals surface area contributed by atoms with Crippen molar-refractivity contribution in [3.8, 4) is 17.1 Å². The molecule has 1 saturated heterocycles. The van der Waals surface area contributed by atoms with Gasteiger partial charge in [-0.05, 0) is 68.4 Å². The van der Waals surface area contributed by atoms with Crippen molar-refractivity contribution in [2.75, 3.05) is 25.5 Å². The number of amides is 1. The van der Waals surface area contributed by atoms with E-state index in [9.17, 15) is 4.79 Å². The van der Waals surface area contributed by atoms with E-state index < -0.39 is 0 Å². The maximum Gasteiger partial charge on any atom is 0.241 e. The fraction of sp³-hybridized carbons (Fsp3) is 0.318. The third-order valence-corrected chi connectivity index (χ3v) is 5.70. The number of nitrogens with zero attached hydrogens (tertiary/aromatic N) is 3. The summed E-state index contributed by atoms with van der Waals surface area (Å²) < 4.78 is 10.6. The predicted molar refractivity (Wildman–Crippen MR) is 119 cm³/mol. The van der Waals surface area contributed by atoms with Crippen LogP contribution in [0.4, 0.5) is 5.69 Å². The molecule has 1 aliphatic rings. The van der Waals surface area contributed by atoms with E-state index in [0.717, 1.165) is 37.2 Å². The number of benzene rings is 2. The second-order valence-electron chi connectivity index (χ2n) is 7.44. The number of hydrogen-bond acceptors (Lipinski definition) is 6. The van der Waals surface area contributed by atoms with Crippen molar-refractivity contribution < 1.29 is 14.1 Å². The third-order valence-electron chi connectivity index (χ3n) is 5.26. The van der Waals surface area contributed by atoms with Crippen LogP contribution in [0.25, 0.3) is 11.4 Å². The molecular weight excluding hydrogens is 439 g/mol. The molecule has 2 aromatic carbocycles. The molecule has 3 aromatic rings. The zero-order valence-corrected chi connectivity index (χ0v) is 18.5. The Labute approximate surface area is 190 Å². The van der Waals surface area contributed by atoms with Crippen LogP contribution in [0, 0.1) is 5.92 Å². The van der Waals surface area contributed by atoms with Crippen LogP contribution in [-0.2, 0) is 11.3 Å². The molecule has 2 heterocycles. The quantitative estimate of drug-likeness (QED) is 0.563. The molecule has 0 atom stereocenters. The summed E-state index contributed by atoms with van der Waals surface area (Å²) in [6.07, 6.45) is 1.50. The number of halogens is 2. The third kappa shape index (κ3) is 5.55. The summed E-state index contributed by atoms with van der Waals surface area (Å²) in [7, 11) is 1.63. The maximum absolute atomic E-state index is 12.6. The van der Waals surface area contributed by atoms with Gasteiger partial charge >= 0.3 is 0 Å². The molecule has 31 heavy (non-hydrogen) atoms. The van der Waals surface area contributed by atoms with Crippen molar-refractivity contribution in [2.24, 2.45) is 5.92 Å². The van der Waals surface area contributed by atoms with E-state index >= 15 is 0 Å². The van der Waals surface area contributed by atoms with Gasteiger partial charge in [0, 0.05) is 27.2 Å². The first-order valence-corrected chi connectivity index (χ1v) is 10.7. The Balaban J connectivity index is 1.29. The van der Waals surface area contributed by atoms with Crippen LogP contribution < -0.4 is 10.1 Å². The number of nitrogens with one attached hydrogen (secondary N) is 1. The Kier molecular flexibility index (Phi) is 6.75. The molecule has 7 nitrogen and oxygen atoms in total. The minimum atomic E-state index is -0.0634. The molecular formula is C22H22Cl2N4O3. The van der Waals surface area contributed by atoms with Crippen LogP contribution in [0.15, 0.2) is 47.0 Å². The second-order valence-corrected chi connectivity index (χ2v) is 8.31. The van der Waals surface area contributed by atoms with Crippen molar-refractivity contribution in [3.63, 3.8) is 0 Å². The Morgan fingerprint density at radius 2 is 1.84 bits per heavy atom. The molecule has 4 rings (SSSR count). The first-order chi connectivity index (χ1) is 15.0. The van der Waals surface area contributed by atoms with Crippen molar-refractivity contribution in [1.82, 2.24) is 15.0 Å².